The third-order valence-corrected chi connectivity index (χ3v) is 6.50. The third-order valence-electron chi connectivity index (χ3n) is 4.72. The Kier molecular flexibility index (Phi) is 5.29. The Morgan fingerprint density at radius 3 is 2.30 bits per heavy atom. The van der Waals surface area contributed by atoms with Crippen molar-refractivity contribution in [2.24, 2.45) is 0 Å². The number of benzene rings is 3. The zero-order chi connectivity index (χ0) is 21.1. The van der Waals surface area contributed by atoms with Crippen molar-refractivity contribution < 1.29 is 17.9 Å². The van der Waals surface area contributed by atoms with Gasteiger partial charge in [-0.3, -0.25) is 4.98 Å². The molecule has 0 fully saturated rings. The predicted octanol–water partition coefficient (Wildman–Crippen LogP) is 4.83. The number of fused-ring (bicyclic) bond motifs is 1. The first kappa shape index (κ1) is 19.7. The van der Waals surface area contributed by atoms with E-state index in [1.54, 1.807) is 68.8 Å². The highest BCUT2D eigenvalue weighted by molar-refractivity contribution is 7.91. The van der Waals surface area contributed by atoms with Crippen molar-refractivity contribution in [1.29, 1.82) is 0 Å². The lowest BCUT2D eigenvalue weighted by Crippen LogP contribution is -2.07. The molecule has 1 N–H and O–H groups in total. The molecule has 0 bridgehead atoms. The maximum absolute atomic E-state index is 13.4. The van der Waals surface area contributed by atoms with Crippen LogP contribution in [0, 0.1) is 0 Å². The second-order valence-electron chi connectivity index (χ2n) is 6.55. The van der Waals surface area contributed by atoms with Gasteiger partial charge in [-0.15, -0.1) is 0 Å². The van der Waals surface area contributed by atoms with Crippen LogP contribution in [0.2, 0.25) is 0 Å². The molecule has 1 heterocycles. The van der Waals surface area contributed by atoms with E-state index in [-0.39, 0.29) is 9.79 Å². The molecule has 152 valence electrons. The van der Waals surface area contributed by atoms with Crippen LogP contribution < -0.4 is 14.8 Å². The Labute approximate surface area is 175 Å². The van der Waals surface area contributed by atoms with E-state index in [1.807, 2.05) is 18.2 Å². The largest absolute Gasteiger partial charge is 0.497 e. The molecule has 0 spiro atoms. The van der Waals surface area contributed by atoms with E-state index in [4.69, 9.17) is 9.47 Å². The average Bonchev–Trinajstić information content (AvgIpc) is 2.79. The normalized spacial score (nSPS) is 11.3. The van der Waals surface area contributed by atoms with E-state index in [9.17, 15) is 8.42 Å². The highest BCUT2D eigenvalue weighted by Gasteiger charge is 2.24. The number of nitrogens with zero attached hydrogens (tertiary/aromatic N) is 1. The van der Waals surface area contributed by atoms with Crippen LogP contribution in [0.25, 0.3) is 10.9 Å². The zero-order valence-corrected chi connectivity index (χ0v) is 17.3. The van der Waals surface area contributed by atoms with Crippen molar-refractivity contribution in [2.75, 3.05) is 19.5 Å². The number of anilines is 2. The SMILES string of the molecule is COc1cccc(Nc2c(S(=O)(=O)c3ccccc3)cnc3ccc(OC)cc23)c1. The van der Waals surface area contributed by atoms with Gasteiger partial charge in [0.25, 0.3) is 0 Å². The van der Waals surface area contributed by atoms with Gasteiger partial charge in [0.1, 0.15) is 16.4 Å². The Morgan fingerprint density at radius 1 is 0.833 bits per heavy atom. The standard InChI is InChI=1S/C23H20N2O4S/c1-28-17-8-6-7-16(13-17)25-23-20-14-18(29-2)11-12-21(20)24-15-22(23)30(26,27)19-9-4-3-5-10-19/h3-15H,1-2H3,(H,24,25). The fraction of sp³-hybridized carbons (Fsp3) is 0.0870. The van der Waals surface area contributed by atoms with Crippen LogP contribution in [0.3, 0.4) is 0 Å². The van der Waals surface area contributed by atoms with Crippen LogP contribution >= 0.6 is 0 Å². The minimum Gasteiger partial charge on any atom is -0.497 e. The molecular formula is C23H20N2O4S. The lowest BCUT2D eigenvalue weighted by molar-refractivity contribution is 0.415. The minimum atomic E-state index is -3.81. The molecule has 0 atom stereocenters. The van der Waals surface area contributed by atoms with Crippen LogP contribution in [-0.2, 0) is 9.84 Å². The number of methoxy groups -OCH3 is 2. The molecular weight excluding hydrogens is 400 g/mol. The van der Waals surface area contributed by atoms with E-state index in [0.717, 1.165) is 0 Å². The highest BCUT2D eigenvalue weighted by atomic mass is 32.2. The van der Waals surface area contributed by atoms with Crippen molar-refractivity contribution in [1.82, 2.24) is 4.98 Å². The Hall–Kier alpha value is -3.58. The summed E-state index contributed by atoms with van der Waals surface area (Å²) < 4.78 is 37.5. The maximum atomic E-state index is 13.4. The highest BCUT2D eigenvalue weighted by Crippen LogP contribution is 2.37. The topological polar surface area (TPSA) is 77.5 Å². The Bertz CT molecular complexity index is 1310. The first-order valence-corrected chi connectivity index (χ1v) is 10.7. The molecule has 4 aromatic rings. The van der Waals surface area contributed by atoms with E-state index < -0.39 is 9.84 Å². The second-order valence-corrected chi connectivity index (χ2v) is 8.47. The van der Waals surface area contributed by atoms with E-state index >= 15 is 0 Å². The van der Waals surface area contributed by atoms with E-state index in [1.165, 1.54) is 6.20 Å². The van der Waals surface area contributed by atoms with Gasteiger partial charge in [0, 0.05) is 23.3 Å². The Morgan fingerprint density at radius 2 is 1.57 bits per heavy atom. The van der Waals surface area contributed by atoms with Crippen LogP contribution in [0.5, 0.6) is 11.5 Å². The van der Waals surface area contributed by atoms with E-state index in [2.05, 4.69) is 10.3 Å². The molecule has 0 aliphatic rings. The van der Waals surface area contributed by atoms with Gasteiger partial charge in [-0.1, -0.05) is 24.3 Å². The van der Waals surface area contributed by atoms with E-state index in [0.29, 0.717) is 33.8 Å². The van der Waals surface area contributed by atoms with Gasteiger partial charge in [-0.05, 0) is 42.5 Å². The molecule has 0 saturated heterocycles. The predicted molar refractivity (Wildman–Crippen MR) is 116 cm³/mol. The number of pyridine rings is 1. The first-order chi connectivity index (χ1) is 14.5. The molecule has 0 unspecified atom stereocenters. The molecule has 0 amide bonds. The van der Waals surface area contributed by atoms with Gasteiger partial charge in [0.2, 0.25) is 9.84 Å². The number of aromatic nitrogens is 1. The second kappa shape index (κ2) is 8.04. The van der Waals surface area contributed by atoms with Crippen molar-refractivity contribution in [3.05, 3.63) is 79.0 Å². The number of nitrogens with one attached hydrogen (secondary N) is 1. The molecule has 6 nitrogen and oxygen atoms in total. The van der Waals surface area contributed by atoms with Crippen molar-refractivity contribution in [3.8, 4) is 11.5 Å². The van der Waals surface area contributed by atoms with Crippen LogP contribution in [0.15, 0.2) is 88.8 Å². The summed E-state index contributed by atoms with van der Waals surface area (Å²) in [5.74, 6) is 1.26. The van der Waals surface area contributed by atoms with Gasteiger partial charge >= 0.3 is 0 Å². The lowest BCUT2D eigenvalue weighted by Gasteiger charge is -2.16. The van der Waals surface area contributed by atoms with Crippen LogP contribution in [0.4, 0.5) is 11.4 Å². The summed E-state index contributed by atoms with van der Waals surface area (Å²) in [6, 6.07) is 20.9. The van der Waals surface area contributed by atoms with Crippen molar-refractivity contribution >= 4 is 32.1 Å². The minimum absolute atomic E-state index is 0.0808. The molecule has 0 aliphatic carbocycles. The first-order valence-electron chi connectivity index (χ1n) is 9.21. The number of ether oxygens (including phenoxy) is 2. The fourth-order valence-electron chi connectivity index (χ4n) is 3.18. The summed E-state index contributed by atoms with van der Waals surface area (Å²) in [6.45, 7) is 0. The molecule has 4 rings (SSSR count). The summed E-state index contributed by atoms with van der Waals surface area (Å²) in [5, 5.41) is 3.90. The molecule has 1 aromatic heterocycles. The van der Waals surface area contributed by atoms with Gasteiger partial charge in [-0.2, -0.15) is 0 Å². The molecule has 0 saturated carbocycles. The third kappa shape index (κ3) is 3.67. The number of rotatable bonds is 6. The number of hydrogen-bond acceptors (Lipinski definition) is 6. The maximum Gasteiger partial charge on any atom is 0.210 e. The molecule has 7 heteroatoms. The molecule has 30 heavy (non-hydrogen) atoms. The van der Waals surface area contributed by atoms with Crippen LogP contribution in [-0.4, -0.2) is 27.6 Å². The lowest BCUT2D eigenvalue weighted by atomic mass is 10.1. The van der Waals surface area contributed by atoms with Crippen molar-refractivity contribution in [2.45, 2.75) is 9.79 Å². The number of sulfone groups is 1. The van der Waals surface area contributed by atoms with Crippen LogP contribution in [0.1, 0.15) is 0 Å². The smallest absolute Gasteiger partial charge is 0.210 e. The van der Waals surface area contributed by atoms with Gasteiger partial charge < -0.3 is 14.8 Å². The quantitative estimate of drug-likeness (QED) is 0.481. The summed E-state index contributed by atoms with van der Waals surface area (Å²) >= 11 is 0. The average molecular weight is 420 g/mol. The number of hydrogen-bond donors (Lipinski definition) is 1. The summed E-state index contributed by atoms with van der Waals surface area (Å²) in [5.41, 5.74) is 1.76. The van der Waals surface area contributed by atoms with Gasteiger partial charge in [0.05, 0.1) is 30.3 Å². The fourth-order valence-corrected chi connectivity index (χ4v) is 4.58. The molecule has 0 radical (unpaired) electrons. The monoisotopic (exact) mass is 420 g/mol. The summed E-state index contributed by atoms with van der Waals surface area (Å²) in [6.07, 6.45) is 1.39. The zero-order valence-electron chi connectivity index (χ0n) is 16.5. The summed E-state index contributed by atoms with van der Waals surface area (Å²) in [4.78, 5) is 4.66. The molecule has 0 aliphatic heterocycles. The Balaban J connectivity index is 1.97. The van der Waals surface area contributed by atoms with Gasteiger partial charge in [-0.25, -0.2) is 8.42 Å². The van der Waals surface area contributed by atoms with Gasteiger partial charge in [0.15, 0.2) is 0 Å². The van der Waals surface area contributed by atoms with Crippen molar-refractivity contribution in [3.63, 3.8) is 0 Å². The summed E-state index contributed by atoms with van der Waals surface area (Å²) in [7, 11) is -0.669. The molecule has 3 aromatic carbocycles.